The fourth-order valence-electron chi connectivity index (χ4n) is 2.13. The van der Waals surface area contributed by atoms with Gasteiger partial charge in [-0.1, -0.05) is 37.3 Å². The molecule has 2 rings (SSSR count). The lowest BCUT2D eigenvalue weighted by Gasteiger charge is -2.09. The molecule has 2 N–H and O–H groups in total. The largest absolute Gasteiger partial charge is 0.370 e. The molecular weight excluding hydrogens is 260 g/mol. The van der Waals surface area contributed by atoms with Gasteiger partial charge in [0.15, 0.2) is 0 Å². The smallest absolute Gasteiger partial charge is 0.224 e. The maximum Gasteiger partial charge on any atom is 0.224 e. The lowest BCUT2D eigenvalue weighted by atomic mass is 10.1. The van der Waals surface area contributed by atoms with E-state index in [4.69, 9.17) is 0 Å². The quantitative estimate of drug-likeness (QED) is 0.726. The summed E-state index contributed by atoms with van der Waals surface area (Å²) in [6, 6.07) is 12.5. The van der Waals surface area contributed by atoms with Crippen LogP contribution < -0.4 is 10.6 Å². The van der Waals surface area contributed by atoms with Gasteiger partial charge in [-0.2, -0.15) is 4.98 Å². The first kappa shape index (κ1) is 15.3. The number of hydrogen-bond acceptors (Lipinski definition) is 4. The molecule has 0 aliphatic rings. The van der Waals surface area contributed by atoms with Crippen molar-refractivity contribution in [1.82, 2.24) is 9.97 Å². The Kier molecular flexibility index (Phi) is 6.00. The molecular formula is C17H24N4. The van der Waals surface area contributed by atoms with Crippen LogP contribution in [0.15, 0.2) is 36.4 Å². The Morgan fingerprint density at radius 3 is 2.57 bits per heavy atom. The Hall–Kier alpha value is -2.10. The minimum Gasteiger partial charge on any atom is -0.370 e. The Morgan fingerprint density at radius 2 is 1.81 bits per heavy atom. The van der Waals surface area contributed by atoms with Gasteiger partial charge < -0.3 is 10.6 Å². The van der Waals surface area contributed by atoms with Crippen molar-refractivity contribution in [3.05, 3.63) is 47.7 Å². The number of hydrogen-bond donors (Lipinski definition) is 2. The number of benzene rings is 1. The summed E-state index contributed by atoms with van der Waals surface area (Å²) in [6.07, 6.45) is 3.22. The number of anilines is 2. The molecule has 0 amide bonds. The van der Waals surface area contributed by atoms with Crippen LogP contribution in [0.3, 0.4) is 0 Å². The molecule has 0 aliphatic heterocycles. The molecule has 0 unspecified atom stereocenters. The molecule has 1 aromatic heterocycles. The summed E-state index contributed by atoms with van der Waals surface area (Å²) in [4.78, 5) is 8.91. The molecule has 2 aromatic rings. The molecule has 0 spiro atoms. The molecule has 4 heteroatoms. The fraction of sp³-hybridized carbons (Fsp3) is 0.412. The summed E-state index contributed by atoms with van der Waals surface area (Å²) in [5.41, 5.74) is 2.35. The van der Waals surface area contributed by atoms with Crippen molar-refractivity contribution in [3.8, 4) is 0 Å². The van der Waals surface area contributed by atoms with E-state index in [9.17, 15) is 0 Å². The summed E-state index contributed by atoms with van der Waals surface area (Å²) in [5.74, 6) is 1.61. The van der Waals surface area contributed by atoms with Crippen LogP contribution in [0.1, 0.15) is 31.0 Å². The zero-order valence-corrected chi connectivity index (χ0v) is 12.9. The molecule has 0 radical (unpaired) electrons. The van der Waals surface area contributed by atoms with E-state index in [0.717, 1.165) is 43.9 Å². The third-order valence-corrected chi connectivity index (χ3v) is 3.18. The van der Waals surface area contributed by atoms with Crippen molar-refractivity contribution in [2.75, 3.05) is 23.7 Å². The second-order valence-corrected chi connectivity index (χ2v) is 5.16. The highest BCUT2D eigenvalue weighted by Gasteiger charge is 2.01. The van der Waals surface area contributed by atoms with E-state index in [1.54, 1.807) is 0 Å². The zero-order valence-electron chi connectivity index (χ0n) is 12.9. The minimum atomic E-state index is 0.710. The maximum absolute atomic E-state index is 4.48. The monoisotopic (exact) mass is 284 g/mol. The van der Waals surface area contributed by atoms with Crippen LogP contribution in [0.4, 0.5) is 11.8 Å². The van der Waals surface area contributed by atoms with E-state index in [-0.39, 0.29) is 0 Å². The van der Waals surface area contributed by atoms with Crippen LogP contribution >= 0.6 is 0 Å². The van der Waals surface area contributed by atoms with E-state index in [1.807, 2.05) is 19.1 Å². The Morgan fingerprint density at radius 1 is 1.00 bits per heavy atom. The Labute approximate surface area is 127 Å². The minimum absolute atomic E-state index is 0.710. The third-order valence-electron chi connectivity index (χ3n) is 3.18. The fourth-order valence-corrected chi connectivity index (χ4v) is 2.13. The van der Waals surface area contributed by atoms with E-state index >= 15 is 0 Å². The van der Waals surface area contributed by atoms with Crippen LogP contribution in [-0.2, 0) is 6.42 Å². The van der Waals surface area contributed by atoms with Gasteiger partial charge in [-0.25, -0.2) is 4.98 Å². The van der Waals surface area contributed by atoms with E-state index < -0.39 is 0 Å². The first-order chi connectivity index (χ1) is 10.3. The lowest BCUT2D eigenvalue weighted by Crippen LogP contribution is -2.10. The molecule has 0 bridgehead atoms. The molecule has 0 saturated carbocycles. The van der Waals surface area contributed by atoms with Crippen LogP contribution in [0.2, 0.25) is 0 Å². The SMILES string of the molecule is CCCNc1cc(C)nc(NCCCc2ccccc2)n1. The second kappa shape index (κ2) is 8.25. The van der Waals surface area contributed by atoms with Gasteiger partial charge in [0, 0.05) is 24.8 Å². The van der Waals surface area contributed by atoms with E-state index in [1.165, 1.54) is 5.56 Å². The van der Waals surface area contributed by atoms with E-state index in [0.29, 0.717) is 5.95 Å². The molecule has 0 aliphatic carbocycles. The number of nitrogens with one attached hydrogen (secondary N) is 2. The topological polar surface area (TPSA) is 49.8 Å². The molecule has 0 fully saturated rings. The van der Waals surface area contributed by atoms with E-state index in [2.05, 4.69) is 51.8 Å². The molecule has 4 nitrogen and oxygen atoms in total. The van der Waals surface area contributed by atoms with Gasteiger partial charge in [0.05, 0.1) is 0 Å². The molecule has 21 heavy (non-hydrogen) atoms. The predicted octanol–water partition coefficient (Wildman–Crippen LogP) is 3.65. The average Bonchev–Trinajstić information content (AvgIpc) is 2.50. The maximum atomic E-state index is 4.48. The van der Waals surface area contributed by atoms with Crippen molar-refractivity contribution in [3.63, 3.8) is 0 Å². The summed E-state index contributed by atoms with van der Waals surface area (Å²) < 4.78 is 0. The molecule has 1 aromatic carbocycles. The van der Waals surface area contributed by atoms with Crippen molar-refractivity contribution in [2.45, 2.75) is 33.1 Å². The van der Waals surface area contributed by atoms with Crippen molar-refractivity contribution in [1.29, 1.82) is 0 Å². The van der Waals surface area contributed by atoms with Crippen molar-refractivity contribution in [2.24, 2.45) is 0 Å². The van der Waals surface area contributed by atoms with Gasteiger partial charge >= 0.3 is 0 Å². The normalized spacial score (nSPS) is 10.4. The van der Waals surface area contributed by atoms with Crippen LogP contribution in [0.5, 0.6) is 0 Å². The number of rotatable bonds is 8. The zero-order chi connectivity index (χ0) is 14.9. The highest BCUT2D eigenvalue weighted by atomic mass is 15.1. The van der Waals surface area contributed by atoms with Gasteiger partial charge in [0.1, 0.15) is 5.82 Å². The first-order valence-corrected chi connectivity index (χ1v) is 7.65. The van der Waals surface area contributed by atoms with Crippen LogP contribution in [-0.4, -0.2) is 23.1 Å². The molecule has 0 saturated heterocycles. The van der Waals surface area contributed by atoms with Gasteiger partial charge in [-0.05, 0) is 31.7 Å². The first-order valence-electron chi connectivity index (χ1n) is 7.65. The van der Waals surface area contributed by atoms with Gasteiger partial charge in [-0.3, -0.25) is 0 Å². The highest BCUT2D eigenvalue weighted by Crippen LogP contribution is 2.10. The summed E-state index contributed by atoms with van der Waals surface area (Å²) in [6.45, 7) is 5.95. The summed E-state index contributed by atoms with van der Waals surface area (Å²) >= 11 is 0. The van der Waals surface area contributed by atoms with Gasteiger partial charge in [0.25, 0.3) is 0 Å². The molecule has 112 valence electrons. The van der Waals surface area contributed by atoms with Gasteiger partial charge in [0.2, 0.25) is 5.95 Å². The number of nitrogens with zero attached hydrogens (tertiary/aromatic N) is 2. The van der Waals surface area contributed by atoms with Crippen molar-refractivity contribution < 1.29 is 0 Å². The number of aryl methyl sites for hydroxylation is 2. The molecule has 0 atom stereocenters. The van der Waals surface area contributed by atoms with Gasteiger partial charge in [-0.15, -0.1) is 0 Å². The average molecular weight is 284 g/mol. The Balaban J connectivity index is 1.81. The number of aromatic nitrogens is 2. The standard InChI is InChI=1S/C17H24N4/c1-3-11-18-16-13-14(2)20-17(21-16)19-12-7-10-15-8-5-4-6-9-15/h4-6,8-9,13H,3,7,10-12H2,1-2H3,(H2,18,19,20,21). The second-order valence-electron chi connectivity index (χ2n) is 5.16. The highest BCUT2D eigenvalue weighted by molar-refractivity contribution is 5.42. The summed E-state index contributed by atoms with van der Waals surface area (Å²) in [5, 5.41) is 6.61. The summed E-state index contributed by atoms with van der Waals surface area (Å²) in [7, 11) is 0. The van der Waals surface area contributed by atoms with Crippen LogP contribution in [0, 0.1) is 6.92 Å². The van der Waals surface area contributed by atoms with Crippen LogP contribution in [0.25, 0.3) is 0 Å². The van der Waals surface area contributed by atoms with Crippen molar-refractivity contribution >= 4 is 11.8 Å². The predicted molar refractivity (Wildman–Crippen MR) is 88.8 cm³/mol. The lowest BCUT2D eigenvalue weighted by molar-refractivity contribution is 0.850. The Bertz CT molecular complexity index is 540. The third kappa shape index (κ3) is 5.42. The molecule has 1 heterocycles.